The molecule has 0 spiro atoms. The number of rotatable bonds is 6. The van der Waals surface area contributed by atoms with Gasteiger partial charge in [-0.25, -0.2) is 0 Å². The minimum Gasteiger partial charge on any atom is -0.388 e. The van der Waals surface area contributed by atoms with Crippen LogP contribution in [0, 0.1) is 0 Å². The molecule has 1 atom stereocenters. The van der Waals surface area contributed by atoms with E-state index in [1.807, 2.05) is 6.07 Å². The van der Waals surface area contributed by atoms with E-state index < -0.39 is 29.3 Å². The zero-order valence-electron chi connectivity index (χ0n) is 15.8. The molecule has 5 nitrogen and oxygen atoms in total. The lowest BCUT2D eigenvalue weighted by atomic mass is 10.1. The predicted octanol–water partition coefficient (Wildman–Crippen LogP) is 3.71. The van der Waals surface area contributed by atoms with Crippen molar-refractivity contribution in [3.8, 4) is 5.69 Å². The van der Waals surface area contributed by atoms with Gasteiger partial charge in [-0.2, -0.15) is 13.2 Å². The molecule has 30 heavy (non-hydrogen) atoms. The van der Waals surface area contributed by atoms with Crippen molar-refractivity contribution in [3.63, 3.8) is 0 Å². The molecule has 156 valence electrons. The Labute approximate surface area is 170 Å². The third kappa shape index (κ3) is 5.15. The molecule has 0 saturated heterocycles. The highest BCUT2D eigenvalue weighted by Crippen LogP contribution is 2.30. The Morgan fingerprint density at radius 1 is 1.03 bits per heavy atom. The summed E-state index contributed by atoms with van der Waals surface area (Å²) < 4.78 is 39.8. The highest BCUT2D eigenvalue weighted by atomic mass is 19.4. The summed E-state index contributed by atoms with van der Waals surface area (Å²) in [5, 5.41) is 12.8. The minimum atomic E-state index is -4.55. The number of hydrogen-bond donors (Lipinski definition) is 2. The fraction of sp³-hybridized carbons (Fsp3) is 0.182. The zero-order chi connectivity index (χ0) is 21.7. The minimum absolute atomic E-state index is 0.00368. The van der Waals surface area contributed by atoms with Gasteiger partial charge in [0.05, 0.1) is 17.2 Å². The summed E-state index contributed by atoms with van der Waals surface area (Å²) in [6, 6.07) is 15.7. The van der Waals surface area contributed by atoms with Gasteiger partial charge >= 0.3 is 6.18 Å². The lowest BCUT2D eigenvalue weighted by Crippen LogP contribution is -2.27. The van der Waals surface area contributed by atoms with E-state index in [4.69, 9.17) is 0 Å². The lowest BCUT2D eigenvalue weighted by Gasteiger charge is -2.13. The van der Waals surface area contributed by atoms with Gasteiger partial charge in [-0.3, -0.25) is 14.2 Å². The van der Waals surface area contributed by atoms with Crippen LogP contribution in [0.2, 0.25) is 0 Å². The first-order valence-electron chi connectivity index (χ1n) is 9.17. The van der Waals surface area contributed by atoms with Gasteiger partial charge in [0.25, 0.3) is 11.5 Å². The normalized spacial score (nSPS) is 12.4. The zero-order valence-corrected chi connectivity index (χ0v) is 15.8. The first-order chi connectivity index (χ1) is 14.3. The maximum absolute atomic E-state index is 12.9. The molecule has 8 heteroatoms. The second-order valence-corrected chi connectivity index (χ2v) is 6.65. The van der Waals surface area contributed by atoms with Crippen molar-refractivity contribution < 1.29 is 23.1 Å². The average molecular weight is 416 g/mol. The molecular formula is C22H19F3N2O3. The molecule has 3 rings (SSSR count). The molecule has 0 fully saturated rings. The van der Waals surface area contributed by atoms with Crippen LogP contribution in [0.5, 0.6) is 0 Å². The molecule has 2 aromatic carbocycles. The van der Waals surface area contributed by atoms with E-state index in [9.17, 15) is 27.9 Å². The molecular weight excluding hydrogens is 397 g/mol. The third-order valence-corrected chi connectivity index (χ3v) is 4.51. The topological polar surface area (TPSA) is 71.3 Å². The molecule has 0 aliphatic rings. The number of carbonyl (C=O) groups is 1. The Bertz CT molecular complexity index is 1080. The van der Waals surface area contributed by atoms with Crippen molar-refractivity contribution in [1.29, 1.82) is 0 Å². The van der Waals surface area contributed by atoms with Crippen molar-refractivity contribution in [3.05, 3.63) is 100.0 Å². The monoisotopic (exact) mass is 416 g/mol. The maximum atomic E-state index is 12.9. The first-order valence-corrected chi connectivity index (χ1v) is 9.17. The van der Waals surface area contributed by atoms with E-state index in [-0.39, 0.29) is 24.2 Å². The predicted molar refractivity (Wildman–Crippen MR) is 105 cm³/mol. The van der Waals surface area contributed by atoms with Gasteiger partial charge in [-0.15, -0.1) is 0 Å². The van der Waals surface area contributed by atoms with Gasteiger partial charge < -0.3 is 10.4 Å². The summed E-state index contributed by atoms with van der Waals surface area (Å²) in [5.74, 6) is -0.504. The van der Waals surface area contributed by atoms with Gasteiger partial charge in [0.1, 0.15) is 0 Å². The molecule has 1 amide bonds. The van der Waals surface area contributed by atoms with E-state index in [2.05, 4.69) is 5.32 Å². The quantitative estimate of drug-likeness (QED) is 0.644. The number of nitrogens with zero attached hydrogens (tertiary/aromatic N) is 1. The lowest BCUT2D eigenvalue weighted by molar-refractivity contribution is -0.137. The van der Waals surface area contributed by atoms with Crippen molar-refractivity contribution in [1.82, 2.24) is 9.88 Å². The summed E-state index contributed by atoms with van der Waals surface area (Å²) in [6.45, 7) is 0.178. The Morgan fingerprint density at radius 3 is 2.47 bits per heavy atom. The summed E-state index contributed by atoms with van der Waals surface area (Å²) in [5.41, 5.74) is -0.614. The summed E-state index contributed by atoms with van der Waals surface area (Å²) >= 11 is 0. The Kier molecular flexibility index (Phi) is 6.37. The van der Waals surface area contributed by atoms with Gasteiger partial charge in [-0.05, 0) is 36.2 Å². The van der Waals surface area contributed by atoms with Crippen molar-refractivity contribution in [2.24, 2.45) is 0 Å². The van der Waals surface area contributed by atoms with Gasteiger partial charge in [0, 0.05) is 24.5 Å². The highest BCUT2D eigenvalue weighted by Gasteiger charge is 2.30. The van der Waals surface area contributed by atoms with Crippen LogP contribution in [0.1, 0.15) is 34.0 Å². The number of benzene rings is 2. The SMILES string of the molecule is O=C(NCCC(O)c1ccccc1)c1ccc(=O)n(-c2cccc(C(F)(F)F)c2)c1. The van der Waals surface area contributed by atoms with Crippen molar-refractivity contribution in [2.75, 3.05) is 6.54 Å². The van der Waals surface area contributed by atoms with Crippen LogP contribution < -0.4 is 10.9 Å². The number of aromatic nitrogens is 1. The molecule has 0 radical (unpaired) electrons. The Hall–Kier alpha value is -3.39. The molecule has 1 heterocycles. The second kappa shape index (κ2) is 8.96. The molecule has 0 bridgehead atoms. The van der Waals surface area contributed by atoms with Crippen LogP contribution in [-0.2, 0) is 6.18 Å². The number of pyridine rings is 1. The van der Waals surface area contributed by atoms with E-state index in [0.29, 0.717) is 0 Å². The largest absolute Gasteiger partial charge is 0.416 e. The van der Waals surface area contributed by atoms with Crippen LogP contribution in [0.25, 0.3) is 5.69 Å². The molecule has 2 N–H and O–H groups in total. The van der Waals surface area contributed by atoms with Crippen molar-refractivity contribution >= 4 is 5.91 Å². The number of halogens is 3. The van der Waals surface area contributed by atoms with E-state index in [0.717, 1.165) is 28.3 Å². The smallest absolute Gasteiger partial charge is 0.388 e. The Morgan fingerprint density at radius 2 is 1.77 bits per heavy atom. The number of carbonyl (C=O) groups excluding carboxylic acids is 1. The summed E-state index contributed by atoms with van der Waals surface area (Å²) in [4.78, 5) is 24.5. The van der Waals surface area contributed by atoms with Crippen LogP contribution in [-0.4, -0.2) is 22.1 Å². The van der Waals surface area contributed by atoms with E-state index >= 15 is 0 Å². The number of aliphatic hydroxyl groups is 1. The van der Waals surface area contributed by atoms with Gasteiger partial charge in [0.2, 0.25) is 0 Å². The average Bonchev–Trinajstić information content (AvgIpc) is 2.74. The summed E-state index contributed by atoms with van der Waals surface area (Å²) in [7, 11) is 0. The second-order valence-electron chi connectivity index (χ2n) is 6.65. The summed E-state index contributed by atoms with van der Waals surface area (Å²) in [6.07, 6.45) is -3.82. The maximum Gasteiger partial charge on any atom is 0.416 e. The van der Waals surface area contributed by atoms with Gasteiger partial charge in [0.15, 0.2) is 0 Å². The van der Waals surface area contributed by atoms with Gasteiger partial charge in [-0.1, -0.05) is 36.4 Å². The molecule has 0 saturated carbocycles. The first kappa shape index (κ1) is 21.3. The molecule has 0 aliphatic heterocycles. The van der Waals surface area contributed by atoms with Crippen LogP contribution in [0.4, 0.5) is 13.2 Å². The highest BCUT2D eigenvalue weighted by molar-refractivity contribution is 5.93. The van der Waals surface area contributed by atoms with E-state index in [1.54, 1.807) is 24.3 Å². The Balaban J connectivity index is 1.72. The van der Waals surface area contributed by atoms with Crippen LogP contribution in [0.15, 0.2) is 77.7 Å². The standard InChI is InChI=1S/C22H19F3N2O3/c23-22(24,25)17-7-4-8-18(13-17)27-14-16(9-10-20(27)29)21(30)26-12-11-19(28)15-5-2-1-3-6-15/h1-10,13-14,19,28H,11-12H2,(H,26,30). The number of hydrogen-bond acceptors (Lipinski definition) is 3. The number of amides is 1. The molecule has 1 aromatic heterocycles. The number of alkyl halides is 3. The molecule has 0 aliphatic carbocycles. The van der Waals surface area contributed by atoms with Crippen molar-refractivity contribution in [2.45, 2.75) is 18.7 Å². The van der Waals surface area contributed by atoms with Crippen LogP contribution >= 0.6 is 0 Å². The van der Waals surface area contributed by atoms with E-state index in [1.165, 1.54) is 24.4 Å². The van der Waals surface area contributed by atoms with Crippen LogP contribution in [0.3, 0.4) is 0 Å². The third-order valence-electron chi connectivity index (χ3n) is 4.51. The molecule has 3 aromatic rings. The number of aliphatic hydroxyl groups excluding tert-OH is 1. The number of nitrogens with one attached hydrogen (secondary N) is 1. The fourth-order valence-electron chi connectivity index (χ4n) is 2.92. The molecule has 1 unspecified atom stereocenters. The fourth-order valence-corrected chi connectivity index (χ4v) is 2.92.